The Balaban J connectivity index is 2.10. The van der Waals surface area contributed by atoms with Gasteiger partial charge in [0.15, 0.2) is 0 Å². The summed E-state index contributed by atoms with van der Waals surface area (Å²) in [6.07, 6.45) is 1.86. The molecule has 1 aliphatic heterocycles. The summed E-state index contributed by atoms with van der Waals surface area (Å²) in [4.78, 5) is 0. The fraction of sp³-hybridized carbons (Fsp3) is 0.333. The van der Waals surface area contributed by atoms with Crippen molar-refractivity contribution in [1.29, 1.82) is 0 Å². The van der Waals surface area contributed by atoms with Crippen LogP contribution in [0.1, 0.15) is 12.0 Å². The van der Waals surface area contributed by atoms with Crippen LogP contribution in [0.5, 0.6) is 17.2 Å². The lowest BCUT2D eigenvalue weighted by atomic mass is 9.99. The SMILES string of the molecule is COc1cc2c(c(-c3ccccc3OC)c1)O[C@H](CCN)C2. The average Bonchev–Trinajstić information content (AvgIpc) is 2.96. The Morgan fingerprint density at radius 3 is 2.68 bits per heavy atom. The van der Waals surface area contributed by atoms with Gasteiger partial charge in [-0.15, -0.1) is 0 Å². The van der Waals surface area contributed by atoms with Crippen molar-refractivity contribution in [3.8, 4) is 28.4 Å². The molecule has 0 unspecified atom stereocenters. The molecule has 0 aromatic heterocycles. The maximum Gasteiger partial charge on any atom is 0.131 e. The Bertz CT molecular complexity index is 669. The quantitative estimate of drug-likeness (QED) is 0.922. The van der Waals surface area contributed by atoms with Gasteiger partial charge in [0.05, 0.1) is 14.2 Å². The van der Waals surface area contributed by atoms with Gasteiger partial charge in [-0.1, -0.05) is 18.2 Å². The van der Waals surface area contributed by atoms with Gasteiger partial charge in [-0.25, -0.2) is 0 Å². The van der Waals surface area contributed by atoms with Crippen molar-refractivity contribution in [2.45, 2.75) is 18.9 Å². The Morgan fingerprint density at radius 2 is 1.95 bits per heavy atom. The van der Waals surface area contributed by atoms with Gasteiger partial charge in [-0.05, 0) is 31.2 Å². The van der Waals surface area contributed by atoms with E-state index >= 15 is 0 Å². The third-order valence-electron chi connectivity index (χ3n) is 3.99. The Kier molecular flexibility index (Phi) is 4.20. The molecule has 4 heteroatoms. The molecule has 2 aromatic carbocycles. The summed E-state index contributed by atoms with van der Waals surface area (Å²) in [7, 11) is 3.36. The summed E-state index contributed by atoms with van der Waals surface area (Å²) >= 11 is 0. The normalized spacial score (nSPS) is 16.0. The molecular formula is C18H21NO3. The van der Waals surface area contributed by atoms with Crippen LogP contribution in [0.15, 0.2) is 36.4 Å². The van der Waals surface area contributed by atoms with Crippen LogP contribution in [-0.2, 0) is 6.42 Å². The molecule has 0 spiro atoms. The third-order valence-corrected chi connectivity index (χ3v) is 3.99. The number of hydrogen-bond acceptors (Lipinski definition) is 4. The minimum atomic E-state index is 0.139. The highest BCUT2D eigenvalue weighted by Gasteiger charge is 2.27. The zero-order valence-electron chi connectivity index (χ0n) is 13.0. The van der Waals surface area contributed by atoms with Crippen LogP contribution in [-0.4, -0.2) is 26.9 Å². The molecule has 22 heavy (non-hydrogen) atoms. The number of methoxy groups -OCH3 is 2. The van der Waals surface area contributed by atoms with E-state index in [9.17, 15) is 0 Å². The molecule has 2 N–H and O–H groups in total. The number of rotatable bonds is 5. The first-order chi connectivity index (χ1) is 10.8. The lowest BCUT2D eigenvalue weighted by Gasteiger charge is -2.15. The second-order valence-corrected chi connectivity index (χ2v) is 5.38. The maximum absolute atomic E-state index is 6.14. The van der Waals surface area contributed by atoms with Gasteiger partial charge in [-0.3, -0.25) is 0 Å². The largest absolute Gasteiger partial charge is 0.497 e. The molecule has 2 aromatic rings. The fourth-order valence-electron chi connectivity index (χ4n) is 2.94. The lowest BCUT2D eigenvalue weighted by Crippen LogP contribution is -2.17. The molecular weight excluding hydrogens is 278 g/mol. The van der Waals surface area contributed by atoms with E-state index < -0.39 is 0 Å². The van der Waals surface area contributed by atoms with E-state index in [4.69, 9.17) is 19.9 Å². The summed E-state index contributed by atoms with van der Waals surface area (Å²) in [5.74, 6) is 2.57. The molecule has 116 valence electrons. The van der Waals surface area contributed by atoms with E-state index in [1.54, 1.807) is 14.2 Å². The number of ether oxygens (including phenoxy) is 3. The number of nitrogens with two attached hydrogens (primary N) is 1. The van der Waals surface area contributed by atoms with E-state index in [0.29, 0.717) is 6.54 Å². The molecule has 0 aliphatic carbocycles. The molecule has 0 amide bonds. The van der Waals surface area contributed by atoms with Crippen molar-refractivity contribution < 1.29 is 14.2 Å². The van der Waals surface area contributed by atoms with Crippen LogP contribution < -0.4 is 19.9 Å². The molecule has 0 radical (unpaired) electrons. The molecule has 0 saturated heterocycles. The molecule has 0 fully saturated rings. The van der Waals surface area contributed by atoms with Crippen LogP contribution in [0, 0.1) is 0 Å². The third kappa shape index (κ3) is 2.62. The van der Waals surface area contributed by atoms with Crippen LogP contribution in [0.25, 0.3) is 11.1 Å². The van der Waals surface area contributed by atoms with Crippen molar-refractivity contribution in [3.63, 3.8) is 0 Å². The molecule has 3 rings (SSSR count). The van der Waals surface area contributed by atoms with Gasteiger partial charge < -0.3 is 19.9 Å². The molecule has 1 atom stereocenters. The monoisotopic (exact) mass is 299 g/mol. The van der Waals surface area contributed by atoms with Crippen LogP contribution in [0.2, 0.25) is 0 Å². The van der Waals surface area contributed by atoms with Crippen molar-refractivity contribution >= 4 is 0 Å². The van der Waals surface area contributed by atoms with Gasteiger partial charge in [0.2, 0.25) is 0 Å². The predicted octanol–water partition coefficient (Wildman–Crippen LogP) is 3.02. The Hall–Kier alpha value is -2.20. The molecule has 1 aliphatic rings. The number of benzene rings is 2. The minimum Gasteiger partial charge on any atom is -0.497 e. The van der Waals surface area contributed by atoms with E-state index in [1.165, 1.54) is 5.56 Å². The van der Waals surface area contributed by atoms with E-state index in [0.717, 1.165) is 41.2 Å². The number of hydrogen-bond donors (Lipinski definition) is 1. The number of fused-ring (bicyclic) bond motifs is 1. The predicted molar refractivity (Wildman–Crippen MR) is 86.8 cm³/mol. The van der Waals surface area contributed by atoms with Gasteiger partial charge in [0.1, 0.15) is 23.4 Å². The maximum atomic E-state index is 6.14. The molecule has 4 nitrogen and oxygen atoms in total. The first kappa shape index (κ1) is 14.7. The summed E-state index contributed by atoms with van der Waals surface area (Å²) in [6.45, 7) is 0.625. The van der Waals surface area contributed by atoms with Gasteiger partial charge in [-0.2, -0.15) is 0 Å². The van der Waals surface area contributed by atoms with Crippen molar-refractivity contribution in [3.05, 3.63) is 42.0 Å². The zero-order valence-corrected chi connectivity index (χ0v) is 13.0. The van der Waals surface area contributed by atoms with E-state index in [1.807, 2.05) is 36.4 Å². The average molecular weight is 299 g/mol. The standard InChI is InChI=1S/C18H21NO3/c1-20-14-10-12-9-13(7-8-19)22-18(12)16(11-14)15-5-3-4-6-17(15)21-2/h3-6,10-11,13H,7-9,19H2,1-2H3/t13-/m1/s1. The summed E-state index contributed by atoms with van der Waals surface area (Å²) < 4.78 is 17.1. The highest BCUT2D eigenvalue weighted by atomic mass is 16.5. The first-order valence-electron chi connectivity index (χ1n) is 7.47. The molecule has 0 saturated carbocycles. The fourth-order valence-corrected chi connectivity index (χ4v) is 2.94. The van der Waals surface area contributed by atoms with Gasteiger partial charge in [0, 0.05) is 23.1 Å². The Labute approximate surface area is 130 Å². The smallest absolute Gasteiger partial charge is 0.131 e. The van der Waals surface area contributed by atoms with Crippen LogP contribution in [0.3, 0.4) is 0 Å². The highest BCUT2D eigenvalue weighted by molar-refractivity contribution is 5.79. The van der Waals surface area contributed by atoms with Crippen LogP contribution >= 0.6 is 0 Å². The summed E-state index contributed by atoms with van der Waals surface area (Å²) in [6, 6.07) is 12.0. The van der Waals surface area contributed by atoms with E-state index in [-0.39, 0.29) is 6.10 Å². The zero-order chi connectivity index (χ0) is 15.5. The second-order valence-electron chi connectivity index (χ2n) is 5.38. The summed E-state index contributed by atoms with van der Waals surface area (Å²) in [5, 5.41) is 0. The molecule has 1 heterocycles. The number of para-hydroxylation sites is 1. The van der Waals surface area contributed by atoms with Crippen molar-refractivity contribution in [1.82, 2.24) is 0 Å². The summed E-state index contributed by atoms with van der Waals surface area (Å²) in [5.41, 5.74) is 8.85. The lowest BCUT2D eigenvalue weighted by molar-refractivity contribution is 0.225. The van der Waals surface area contributed by atoms with Crippen LogP contribution in [0.4, 0.5) is 0 Å². The minimum absolute atomic E-state index is 0.139. The van der Waals surface area contributed by atoms with Crippen molar-refractivity contribution in [2.75, 3.05) is 20.8 Å². The van der Waals surface area contributed by atoms with Crippen molar-refractivity contribution in [2.24, 2.45) is 5.73 Å². The van der Waals surface area contributed by atoms with Gasteiger partial charge >= 0.3 is 0 Å². The highest BCUT2D eigenvalue weighted by Crippen LogP contribution is 2.44. The second kappa shape index (κ2) is 6.28. The molecule has 0 bridgehead atoms. The topological polar surface area (TPSA) is 53.7 Å². The first-order valence-corrected chi connectivity index (χ1v) is 7.47. The van der Waals surface area contributed by atoms with Gasteiger partial charge in [0.25, 0.3) is 0 Å². The Morgan fingerprint density at radius 1 is 1.14 bits per heavy atom. The van der Waals surface area contributed by atoms with E-state index in [2.05, 4.69) is 0 Å².